The number of anilines is 1. The standard InChI is InChI=1S/C23H26N10O7/c34-8-13(6-12-4-2-1-3-5-12)26-20-17-21(29-23(28-20)32-11-25-22(30-32)33(39)40)31(10-24-17)15-7-14(18(37)19(15)38)27-16(36)9-35/h1-5,10-11,13-15,18-19,34-35,37-38H,6-9H2,(H,27,36)(H,26,28,29)/t13-,14-,15+,18+,19-/m0/s1. The maximum absolute atomic E-state index is 11.7. The molecule has 1 aliphatic carbocycles. The van der Waals surface area contributed by atoms with Gasteiger partial charge in [0.1, 0.15) is 18.8 Å². The summed E-state index contributed by atoms with van der Waals surface area (Å²) in [7, 11) is 0. The summed E-state index contributed by atoms with van der Waals surface area (Å²) in [5.41, 5.74) is 1.40. The van der Waals surface area contributed by atoms with Crippen molar-refractivity contribution < 1.29 is 30.1 Å². The number of fused-ring (bicyclic) bond motifs is 1. The Kier molecular flexibility index (Phi) is 7.60. The summed E-state index contributed by atoms with van der Waals surface area (Å²) in [6.45, 7) is -1.03. The van der Waals surface area contributed by atoms with Crippen molar-refractivity contribution >= 4 is 28.8 Å². The van der Waals surface area contributed by atoms with Crippen molar-refractivity contribution in [3.8, 4) is 5.95 Å². The number of aliphatic hydroxyl groups excluding tert-OH is 4. The molecule has 3 heterocycles. The number of nitro groups is 1. The highest BCUT2D eigenvalue weighted by atomic mass is 16.6. The van der Waals surface area contributed by atoms with Gasteiger partial charge >= 0.3 is 5.95 Å². The van der Waals surface area contributed by atoms with Crippen LogP contribution in [0.5, 0.6) is 0 Å². The zero-order valence-electron chi connectivity index (χ0n) is 20.8. The number of carbonyl (C=O) groups is 1. The van der Waals surface area contributed by atoms with Gasteiger partial charge in [0.2, 0.25) is 12.2 Å². The zero-order chi connectivity index (χ0) is 28.4. The van der Waals surface area contributed by atoms with E-state index in [1.807, 2.05) is 30.3 Å². The van der Waals surface area contributed by atoms with Gasteiger partial charge in [-0.05, 0) is 23.3 Å². The second kappa shape index (κ2) is 11.3. The smallest absolute Gasteiger partial charge is 0.394 e. The minimum absolute atomic E-state index is 0.0870. The van der Waals surface area contributed by atoms with Gasteiger partial charge in [0, 0.05) is 5.10 Å². The van der Waals surface area contributed by atoms with E-state index in [2.05, 4.69) is 35.7 Å². The Morgan fingerprint density at radius 1 is 1.12 bits per heavy atom. The number of amides is 1. The van der Waals surface area contributed by atoms with E-state index < -0.39 is 53.7 Å². The Hall–Kier alpha value is -4.58. The van der Waals surface area contributed by atoms with Crippen LogP contribution in [-0.4, -0.2) is 103 Å². The number of aliphatic hydroxyl groups is 4. The first kappa shape index (κ1) is 27.0. The van der Waals surface area contributed by atoms with Crippen LogP contribution >= 0.6 is 0 Å². The fraction of sp³-hybridized carbons (Fsp3) is 0.391. The molecule has 0 unspecified atom stereocenters. The molecule has 3 aromatic heterocycles. The van der Waals surface area contributed by atoms with Crippen LogP contribution in [0.3, 0.4) is 0 Å². The van der Waals surface area contributed by atoms with Crippen LogP contribution in [0, 0.1) is 10.1 Å². The van der Waals surface area contributed by atoms with E-state index in [0.717, 1.165) is 16.6 Å². The zero-order valence-corrected chi connectivity index (χ0v) is 20.8. The molecule has 5 atom stereocenters. The Morgan fingerprint density at radius 3 is 2.58 bits per heavy atom. The molecule has 5 rings (SSSR count). The quantitative estimate of drug-likeness (QED) is 0.0965. The number of imidazole rings is 1. The van der Waals surface area contributed by atoms with Crippen LogP contribution in [0.15, 0.2) is 43.0 Å². The number of nitrogens with zero attached hydrogens (tertiary/aromatic N) is 8. The number of aromatic nitrogens is 7. The minimum Gasteiger partial charge on any atom is -0.394 e. The van der Waals surface area contributed by atoms with Crippen molar-refractivity contribution in [1.29, 1.82) is 0 Å². The molecule has 1 aromatic carbocycles. The Labute approximate surface area is 225 Å². The normalized spacial score (nSPS) is 21.4. The molecular weight excluding hydrogens is 528 g/mol. The average Bonchev–Trinajstić information content (AvgIpc) is 3.68. The number of rotatable bonds is 10. The van der Waals surface area contributed by atoms with E-state index in [1.54, 1.807) is 0 Å². The molecule has 0 spiro atoms. The summed E-state index contributed by atoms with van der Waals surface area (Å²) in [5.74, 6) is -1.29. The molecule has 6 N–H and O–H groups in total. The van der Waals surface area contributed by atoms with Crippen molar-refractivity contribution in [2.75, 3.05) is 18.5 Å². The maximum atomic E-state index is 11.7. The molecule has 4 aromatic rings. The Bertz CT molecular complexity index is 1510. The van der Waals surface area contributed by atoms with E-state index in [-0.39, 0.29) is 36.0 Å². The second-order valence-corrected chi connectivity index (χ2v) is 9.27. The first-order chi connectivity index (χ1) is 19.3. The van der Waals surface area contributed by atoms with Crippen LogP contribution in [0.2, 0.25) is 0 Å². The molecule has 0 bridgehead atoms. The fourth-order valence-corrected chi connectivity index (χ4v) is 4.72. The largest absolute Gasteiger partial charge is 0.491 e. The lowest BCUT2D eigenvalue weighted by Crippen LogP contribution is -2.44. The van der Waals surface area contributed by atoms with Gasteiger partial charge in [0.25, 0.3) is 5.95 Å². The molecule has 0 radical (unpaired) electrons. The van der Waals surface area contributed by atoms with Gasteiger partial charge < -0.3 is 45.7 Å². The average molecular weight is 555 g/mol. The maximum Gasteiger partial charge on any atom is 0.491 e. The van der Waals surface area contributed by atoms with Crippen LogP contribution in [0.1, 0.15) is 18.0 Å². The predicted octanol–water partition coefficient (Wildman–Crippen LogP) is -1.53. The van der Waals surface area contributed by atoms with Gasteiger partial charge in [-0.2, -0.15) is 9.97 Å². The van der Waals surface area contributed by atoms with Gasteiger partial charge in [0.15, 0.2) is 17.0 Å². The number of benzene rings is 1. The lowest BCUT2D eigenvalue weighted by Gasteiger charge is -2.19. The molecule has 1 saturated carbocycles. The van der Waals surface area contributed by atoms with Crippen LogP contribution in [0.25, 0.3) is 17.1 Å². The highest BCUT2D eigenvalue weighted by molar-refractivity contribution is 5.84. The molecular formula is C23H26N10O7. The molecule has 40 heavy (non-hydrogen) atoms. The van der Waals surface area contributed by atoms with E-state index in [9.17, 15) is 30.2 Å². The summed E-state index contributed by atoms with van der Waals surface area (Å²) < 4.78 is 2.51. The lowest BCUT2D eigenvalue weighted by atomic mass is 10.1. The summed E-state index contributed by atoms with van der Waals surface area (Å²) in [5, 5.41) is 61.1. The van der Waals surface area contributed by atoms with E-state index in [1.165, 1.54) is 10.9 Å². The van der Waals surface area contributed by atoms with Gasteiger partial charge in [-0.15, -0.1) is 4.68 Å². The first-order valence-electron chi connectivity index (χ1n) is 12.3. The van der Waals surface area contributed by atoms with Crippen molar-refractivity contribution in [3.63, 3.8) is 0 Å². The number of carbonyl (C=O) groups excluding carboxylic acids is 1. The van der Waals surface area contributed by atoms with E-state index in [0.29, 0.717) is 6.42 Å². The van der Waals surface area contributed by atoms with Crippen molar-refractivity contribution in [1.82, 2.24) is 39.6 Å². The Morgan fingerprint density at radius 2 is 1.90 bits per heavy atom. The highest BCUT2D eigenvalue weighted by Crippen LogP contribution is 2.34. The second-order valence-electron chi connectivity index (χ2n) is 9.27. The van der Waals surface area contributed by atoms with Crippen molar-refractivity contribution in [2.24, 2.45) is 0 Å². The molecule has 0 saturated heterocycles. The SMILES string of the molecule is O=C(CO)N[C@H]1C[C@@H](n2cnc3c(N[C@H](CO)Cc4ccccc4)nc(-n4cnc([N+](=O)[O-])n4)nc32)[C@H](O)[C@@H]1O. The van der Waals surface area contributed by atoms with Gasteiger partial charge in [-0.1, -0.05) is 35.3 Å². The van der Waals surface area contributed by atoms with E-state index in [4.69, 9.17) is 5.11 Å². The summed E-state index contributed by atoms with van der Waals surface area (Å²) in [6, 6.07) is 7.31. The van der Waals surface area contributed by atoms with Crippen LogP contribution in [-0.2, 0) is 11.2 Å². The molecule has 1 fully saturated rings. The summed E-state index contributed by atoms with van der Waals surface area (Å²) in [6.07, 6.45) is 0.328. The molecule has 1 amide bonds. The van der Waals surface area contributed by atoms with Gasteiger partial charge in [0.05, 0.1) is 31.1 Å². The van der Waals surface area contributed by atoms with Gasteiger partial charge in [-0.25, -0.2) is 4.98 Å². The monoisotopic (exact) mass is 554 g/mol. The molecule has 210 valence electrons. The summed E-state index contributed by atoms with van der Waals surface area (Å²) >= 11 is 0. The highest BCUT2D eigenvalue weighted by Gasteiger charge is 2.44. The molecule has 17 heteroatoms. The Balaban J connectivity index is 1.55. The minimum atomic E-state index is -1.33. The number of hydrogen-bond acceptors (Lipinski definition) is 13. The van der Waals surface area contributed by atoms with Crippen molar-refractivity contribution in [3.05, 3.63) is 58.7 Å². The van der Waals surface area contributed by atoms with Gasteiger partial charge in [-0.3, -0.25) is 4.79 Å². The fourth-order valence-electron chi connectivity index (χ4n) is 4.72. The third-order valence-corrected chi connectivity index (χ3v) is 6.64. The van der Waals surface area contributed by atoms with Crippen molar-refractivity contribution in [2.45, 2.75) is 43.2 Å². The lowest BCUT2D eigenvalue weighted by molar-refractivity contribution is -0.394. The van der Waals surface area contributed by atoms with E-state index >= 15 is 0 Å². The molecule has 1 aliphatic rings. The summed E-state index contributed by atoms with van der Waals surface area (Å²) in [4.78, 5) is 39.0. The molecule has 17 nitrogen and oxygen atoms in total. The third kappa shape index (κ3) is 5.30. The number of nitrogens with one attached hydrogen (secondary N) is 2. The molecule has 0 aliphatic heterocycles. The number of hydrogen-bond donors (Lipinski definition) is 6. The van der Waals surface area contributed by atoms with Crippen LogP contribution in [0.4, 0.5) is 11.8 Å². The third-order valence-electron chi connectivity index (χ3n) is 6.64. The predicted molar refractivity (Wildman–Crippen MR) is 136 cm³/mol. The van der Waals surface area contributed by atoms with Crippen LogP contribution < -0.4 is 10.6 Å². The topological polar surface area (TPSA) is 239 Å². The first-order valence-corrected chi connectivity index (χ1v) is 12.3.